The largest absolute Gasteiger partial charge is 0.395 e. The molecule has 2 rings (SSSR count). The molecular formula is C12H18FN3S. The highest BCUT2D eigenvalue weighted by atomic mass is 32.2. The number of rotatable bonds is 4. The zero-order chi connectivity index (χ0) is 12.1. The molecule has 0 aromatic heterocycles. The molecule has 0 atom stereocenters. The number of nitrogens with zero attached hydrogens (tertiary/aromatic N) is 1. The highest BCUT2D eigenvalue weighted by molar-refractivity contribution is 7.99. The molecule has 1 aliphatic rings. The summed E-state index contributed by atoms with van der Waals surface area (Å²) in [4.78, 5) is 2.42. The van der Waals surface area contributed by atoms with E-state index in [9.17, 15) is 4.39 Å². The minimum absolute atomic E-state index is 0.210. The lowest BCUT2D eigenvalue weighted by molar-refractivity contribution is 0.314. The summed E-state index contributed by atoms with van der Waals surface area (Å²) in [5.74, 6) is 2.06. The topological polar surface area (TPSA) is 41.3 Å². The first kappa shape index (κ1) is 12.5. The van der Waals surface area contributed by atoms with E-state index < -0.39 is 0 Å². The highest BCUT2D eigenvalue weighted by Gasteiger charge is 2.10. The lowest BCUT2D eigenvalue weighted by Crippen LogP contribution is -2.36. The summed E-state index contributed by atoms with van der Waals surface area (Å²) >= 11 is 2.00. The second-order valence-corrected chi connectivity index (χ2v) is 5.31. The predicted octanol–water partition coefficient (Wildman–Crippen LogP) is 1.87. The molecule has 94 valence electrons. The quantitative estimate of drug-likeness (QED) is 0.806. The van der Waals surface area contributed by atoms with Crippen molar-refractivity contribution in [3.05, 3.63) is 24.0 Å². The predicted molar refractivity (Wildman–Crippen MR) is 73.1 cm³/mol. The van der Waals surface area contributed by atoms with Crippen molar-refractivity contribution in [1.82, 2.24) is 4.90 Å². The lowest BCUT2D eigenvalue weighted by atomic mass is 10.2. The maximum atomic E-state index is 13.2. The molecule has 5 heteroatoms. The highest BCUT2D eigenvalue weighted by Crippen LogP contribution is 2.20. The lowest BCUT2D eigenvalue weighted by Gasteiger charge is -2.26. The molecule has 1 saturated heterocycles. The Hall–Kier alpha value is -0.940. The van der Waals surface area contributed by atoms with Crippen LogP contribution in [0.2, 0.25) is 0 Å². The smallest absolute Gasteiger partial charge is 0.148 e. The zero-order valence-corrected chi connectivity index (χ0v) is 10.6. The van der Waals surface area contributed by atoms with Crippen molar-refractivity contribution in [3.8, 4) is 0 Å². The van der Waals surface area contributed by atoms with Crippen LogP contribution in [0.5, 0.6) is 0 Å². The van der Waals surface area contributed by atoms with E-state index in [4.69, 9.17) is 5.73 Å². The Bertz CT molecular complexity index is 367. The van der Waals surface area contributed by atoms with Crippen LogP contribution in [-0.2, 0) is 0 Å². The number of anilines is 2. The van der Waals surface area contributed by atoms with E-state index in [1.807, 2.05) is 17.8 Å². The van der Waals surface area contributed by atoms with Crippen molar-refractivity contribution in [1.29, 1.82) is 0 Å². The number of nitrogens with one attached hydrogen (secondary N) is 1. The number of para-hydroxylation sites is 1. The first-order valence-electron chi connectivity index (χ1n) is 5.85. The van der Waals surface area contributed by atoms with Crippen LogP contribution in [0, 0.1) is 5.82 Å². The Kier molecular flexibility index (Phi) is 4.50. The van der Waals surface area contributed by atoms with Crippen molar-refractivity contribution >= 4 is 23.1 Å². The van der Waals surface area contributed by atoms with Gasteiger partial charge < -0.3 is 11.1 Å². The van der Waals surface area contributed by atoms with E-state index in [1.54, 1.807) is 6.07 Å². The number of benzene rings is 1. The number of nitrogen functional groups attached to an aromatic ring is 1. The van der Waals surface area contributed by atoms with Crippen LogP contribution in [0.15, 0.2) is 18.2 Å². The van der Waals surface area contributed by atoms with Gasteiger partial charge in [0.05, 0.1) is 11.4 Å². The molecule has 3 nitrogen and oxygen atoms in total. The fourth-order valence-electron chi connectivity index (χ4n) is 1.86. The summed E-state index contributed by atoms with van der Waals surface area (Å²) in [5.41, 5.74) is 6.55. The monoisotopic (exact) mass is 255 g/mol. The van der Waals surface area contributed by atoms with Crippen LogP contribution in [0.25, 0.3) is 0 Å². The Labute approximate surface area is 106 Å². The average Bonchev–Trinajstić information content (AvgIpc) is 2.36. The molecule has 1 aromatic rings. The SMILES string of the molecule is Nc1c(F)cccc1NCCN1CCSCC1. The number of halogens is 1. The zero-order valence-electron chi connectivity index (χ0n) is 9.79. The molecule has 0 spiro atoms. The van der Waals surface area contributed by atoms with Gasteiger partial charge in [0.25, 0.3) is 0 Å². The van der Waals surface area contributed by atoms with Gasteiger partial charge in [-0.05, 0) is 12.1 Å². The molecule has 1 aliphatic heterocycles. The van der Waals surface area contributed by atoms with Crippen LogP contribution >= 0.6 is 11.8 Å². The van der Waals surface area contributed by atoms with Crippen LogP contribution < -0.4 is 11.1 Å². The fourth-order valence-corrected chi connectivity index (χ4v) is 2.84. The Morgan fingerprint density at radius 1 is 1.35 bits per heavy atom. The molecule has 1 fully saturated rings. The van der Waals surface area contributed by atoms with Gasteiger partial charge in [0.1, 0.15) is 5.82 Å². The normalized spacial score (nSPS) is 17.0. The van der Waals surface area contributed by atoms with E-state index in [2.05, 4.69) is 10.2 Å². The third-order valence-electron chi connectivity index (χ3n) is 2.90. The third kappa shape index (κ3) is 3.51. The number of hydrogen-bond acceptors (Lipinski definition) is 4. The standard InChI is InChI=1S/C12H18FN3S/c13-10-2-1-3-11(12(10)14)15-4-5-16-6-8-17-9-7-16/h1-3,15H,4-9,14H2. The Morgan fingerprint density at radius 2 is 2.12 bits per heavy atom. The van der Waals surface area contributed by atoms with Gasteiger partial charge in [-0.2, -0.15) is 11.8 Å². The fraction of sp³-hybridized carbons (Fsp3) is 0.500. The van der Waals surface area contributed by atoms with Gasteiger partial charge >= 0.3 is 0 Å². The van der Waals surface area contributed by atoms with Crippen molar-refractivity contribution in [2.75, 3.05) is 48.7 Å². The van der Waals surface area contributed by atoms with E-state index >= 15 is 0 Å². The van der Waals surface area contributed by atoms with Gasteiger partial charge in [-0.3, -0.25) is 4.90 Å². The summed E-state index contributed by atoms with van der Waals surface area (Å²) in [7, 11) is 0. The van der Waals surface area contributed by atoms with E-state index in [-0.39, 0.29) is 11.5 Å². The molecule has 0 unspecified atom stereocenters. The first-order valence-corrected chi connectivity index (χ1v) is 7.01. The second kappa shape index (κ2) is 6.12. The average molecular weight is 255 g/mol. The van der Waals surface area contributed by atoms with Crippen molar-refractivity contribution in [3.63, 3.8) is 0 Å². The molecule has 1 heterocycles. The summed E-state index contributed by atoms with van der Waals surface area (Å²) in [5, 5.41) is 3.19. The van der Waals surface area contributed by atoms with E-state index in [0.717, 1.165) is 26.2 Å². The number of nitrogens with two attached hydrogens (primary N) is 1. The van der Waals surface area contributed by atoms with Gasteiger partial charge in [-0.1, -0.05) is 6.07 Å². The Balaban J connectivity index is 1.79. The van der Waals surface area contributed by atoms with Crippen molar-refractivity contribution in [2.45, 2.75) is 0 Å². The van der Waals surface area contributed by atoms with Gasteiger partial charge in [0.2, 0.25) is 0 Å². The van der Waals surface area contributed by atoms with E-state index in [1.165, 1.54) is 17.6 Å². The van der Waals surface area contributed by atoms with Gasteiger partial charge in [-0.25, -0.2) is 4.39 Å². The van der Waals surface area contributed by atoms with Gasteiger partial charge in [0, 0.05) is 37.7 Å². The summed E-state index contributed by atoms with van der Waals surface area (Å²) in [6, 6.07) is 4.86. The molecule has 17 heavy (non-hydrogen) atoms. The molecule has 3 N–H and O–H groups in total. The van der Waals surface area contributed by atoms with Crippen LogP contribution in [-0.4, -0.2) is 42.6 Å². The summed E-state index contributed by atoms with van der Waals surface area (Å²) in [6.07, 6.45) is 0. The molecule has 0 bridgehead atoms. The Morgan fingerprint density at radius 3 is 2.88 bits per heavy atom. The molecule has 0 aliphatic carbocycles. The maximum absolute atomic E-state index is 13.2. The second-order valence-electron chi connectivity index (χ2n) is 4.08. The van der Waals surface area contributed by atoms with Crippen molar-refractivity contribution in [2.24, 2.45) is 0 Å². The minimum atomic E-state index is -0.357. The maximum Gasteiger partial charge on any atom is 0.148 e. The molecule has 0 saturated carbocycles. The van der Waals surface area contributed by atoms with Crippen LogP contribution in [0.4, 0.5) is 15.8 Å². The third-order valence-corrected chi connectivity index (χ3v) is 3.84. The summed E-state index contributed by atoms with van der Waals surface area (Å²) < 4.78 is 13.2. The van der Waals surface area contributed by atoms with Crippen molar-refractivity contribution < 1.29 is 4.39 Å². The molecule has 0 radical (unpaired) electrons. The van der Waals surface area contributed by atoms with Crippen LogP contribution in [0.3, 0.4) is 0 Å². The van der Waals surface area contributed by atoms with Gasteiger partial charge in [-0.15, -0.1) is 0 Å². The summed E-state index contributed by atoms with van der Waals surface area (Å²) in [6.45, 7) is 4.07. The van der Waals surface area contributed by atoms with Crippen LogP contribution in [0.1, 0.15) is 0 Å². The molecule has 0 amide bonds. The first-order chi connectivity index (χ1) is 8.27. The molecule has 1 aromatic carbocycles. The van der Waals surface area contributed by atoms with Gasteiger partial charge in [0.15, 0.2) is 0 Å². The van der Waals surface area contributed by atoms with E-state index in [0.29, 0.717) is 5.69 Å². The number of thioether (sulfide) groups is 1. The molecular weight excluding hydrogens is 237 g/mol. The minimum Gasteiger partial charge on any atom is -0.395 e. The number of hydrogen-bond donors (Lipinski definition) is 2.